The Morgan fingerprint density at radius 3 is 2.28 bits per heavy atom. The monoisotopic (exact) mass is 345 g/mol. The van der Waals surface area contributed by atoms with Crippen LogP contribution < -0.4 is 24.3 Å². The molecule has 25 heavy (non-hydrogen) atoms. The van der Waals surface area contributed by atoms with E-state index >= 15 is 0 Å². The summed E-state index contributed by atoms with van der Waals surface area (Å²) in [7, 11) is 3.19. The minimum atomic E-state index is -0.618. The maximum atomic E-state index is 12.1. The highest BCUT2D eigenvalue weighted by Crippen LogP contribution is 2.20. The van der Waals surface area contributed by atoms with Crippen molar-refractivity contribution in [3.63, 3.8) is 0 Å². The zero-order chi connectivity index (χ0) is 18.1. The molecule has 6 heteroatoms. The van der Waals surface area contributed by atoms with Crippen molar-refractivity contribution in [2.75, 3.05) is 27.4 Å². The van der Waals surface area contributed by atoms with Gasteiger partial charge in [-0.1, -0.05) is 6.07 Å². The van der Waals surface area contributed by atoms with Crippen molar-refractivity contribution in [1.29, 1.82) is 0 Å². The standard InChI is InChI=1S/C19H23NO5/c1-14(25-18-6-4-5-17(13-18)23-3)19(21)20-11-12-24-16-9-7-15(22-2)8-10-16/h4-10,13-14H,11-12H2,1-3H3,(H,20,21). The molecule has 1 unspecified atom stereocenters. The van der Waals surface area contributed by atoms with E-state index in [1.165, 1.54) is 0 Å². The van der Waals surface area contributed by atoms with Crippen molar-refractivity contribution in [3.05, 3.63) is 48.5 Å². The van der Waals surface area contributed by atoms with Gasteiger partial charge in [-0.3, -0.25) is 4.79 Å². The minimum absolute atomic E-state index is 0.207. The van der Waals surface area contributed by atoms with Gasteiger partial charge in [0.2, 0.25) is 0 Å². The van der Waals surface area contributed by atoms with Crippen molar-refractivity contribution in [3.8, 4) is 23.0 Å². The highest BCUT2D eigenvalue weighted by Gasteiger charge is 2.14. The van der Waals surface area contributed by atoms with Gasteiger partial charge in [-0.15, -0.1) is 0 Å². The Kier molecular flexibility index (Phi) is 6.95. The largest absolute Gasteiger partial charge is 0.497 e. The van der Waals surface area contributed by atoms with Crippen LogP contribution in [0, 0.1) is 0 Å². The Balaban J connectivity index is 1.71. The van der Waals surface area contributed by atoms with Crippen LogP contribution in [0.3, 0.4) is 0 Å². The number of ether oxygens (including phenoxy) is 4. The highest BCUT2D eigenvalue weighted by atomic mass is 16.5. The second kappa shape index (κ2) is 9.42. The fourth-order valence-electron chi connectivity index (χ4n) is 2.09. The van der Waals surface area contributed by atoms with Crippen LogP contribution in [0.1, 0.15) is 6.92 Å². The first kappa shape index (κ1) is 18.4. The van der Waals surface area contributed by atoms with Crippen LogP contribution in [0.15, 0.2) is 48.5 Å². The molecule has 0 aromatic heterocycles. The van der Waals surface area contributed by atoms with Crippen molar-refractivity contribution in [2.24, 2.45) is 0 Å². The van der Waals surface area contributed by atoms with Crippen molar-refractivity contribution < 1.29 is 23.7 Å². The SMILES string of the molecule is COc1ccc(OCCNC(=O)C(C)Oc2cccc(OC)c2)cc1. The number of carbonyl (C=O) groups is 1. The fourth-order valence-corrected chi connectivity index (χ4v) is 2.09. The molecule has 0 aliphatic heterocycles. The molecule has 2 aromatic rings. The van der Waals surface area contributed by atoms with Gasteiger partial charge in [-0.05, 0) is 43.3 Å². The molecule has 2 aromatic carbocycles. The van der Waals surface area contributed by atoms with Crippen LogP contribution in [0.2, 0.25) is 0 Å². The molecule has 0 radical (unpaired) electrons. The molecule has 0 spiro atoms. The average Bonchev–Trinajstić information content (AvgIpc) is 2.65. The molecule has 1 amide bonds. The Labute approximate surface area is 147 Å². The molecule has 134 valence electrons. The van der Waals surface area contributed by atoms with Crippen molar-refractivity contribution in [1.82, 2.24) is 5.32 Å². The topological polar surface area (TPSA) is 66.0 Å². The minimum Gasteiger partial charge on any atom is -0.497 e. The number of rotatable bonds is 9. The summed E-state index contributed by atoms with van der Waals surface area (Å²) < 4.78 is 21.4. The van der Waals surface area contributed by atoms with E-state index in [0.717, 1.165) is 11.5 Å². The van der Waals surface area contributed by atoms with Gasteiger partial charge in [0.05, 0.1) is 20.8 Å². The fraction of sp³-hybridized carbons (Fsp3) is 0.316. The van der Waals surface area contributed by atoms with E-state index in [4.69, 9.17) is 18.9 Å². The molecular weight excluding hydrogens is 322 g/mol. The molecular formula is C19H23NO5. The molecule has 0 aliphatic rings. The first-order valence-corrected chi connectivity index (χ1v) is 7.97. The molecule has 2 rings (SSSR count). The quantitative estimate of drug-likeness (QED) is 0.708. The summed E-state index contributed by atoms with van der Waals surface area (Å²) in [6.45, 7) is 2.44. The maximum absolute atomic E-state index is 12.1. The zero-order valence-electron chi connectivity index (χ0n) is 14.7. The van der Waals surface area contributed by atoms with Crippen LogP contribution in [0.4, 0.5) is 0 Å². The lowest BCUT2D eigenvalue weighted by molar-refractivity contribution is -0.127. The predicted molar refractivity (Wildman–Crippen MR) is 94.6 cm³/mol. The lowest BCUT2D eigenvalue weighted by atomic mass is 10.3. The van der Waals surface area contributed by atoms with Gasteiger partial charge in [-0.2, -0.15) is 0 Å². The molecule has 0 fully saturated rings. The van der Waals surface area contributed by atoms with Gasteiger partial charge < -0.3 is 24.3 Å². The molecule has 0 heterocycles. The summed E-state index contributed by atoms with van der Waals surface area (Å²) in [6.07, 6.45) is -0.618. The number of nitrogens with one attached hydrogen (secondary N) is 1. The molecule has 0 aliphatic carbocycles. The summed E-state index contributed by atoms with van der Waals surface area (Å²) in [5, 5.41) is 2.78. The van der Waals surface area contributed by atoms with Crippen LogP contribution in [-0.2, 0) is 4.79 Å². The Bertz CT molecular complexity index is 672. The molecule has 6 nitrogen and oxygen atoms in total. The molecule has 0 saturated heterocycles. The van der Waals surface area contributed by atoms with Gasteiger partial charge in [0.15, 0.2) is 6.10 Å². The first-order chi connectivity index (χ1) is 12.1. The van der Waals surface area contributed by atoms with E-state index in [2.05, 4.69) is 5.32 Å². The van der Waals surface area contributed by atoms with Crippen molar-refractivity contribution >= 4 is 5.91 Å². The van der Waals surface area contributed by atoms with Crippen molar-refractivity contribution in [2.45, 2.75) is 13.0 Å². The number of benzene rings is 2. The van der Waals surface area contributed by atoms with E-state index in [1.807, 2.05) is 36.4 Å². The van der Waals surface area contributed by atoms with Crippen LogP contribution >= 0.6 is 0 Å². The Morgan fingerprint density at radius 1 is 0.960 bits per heavy atom. The Hall–Kier alpha value is -2.89. The van der Waals surface area contributed by atoms with Gasteiger partial charge in [0.1, 0.15) is 29.6 Å². The highest BCUT2D eigenvalue weighted by molar-refractivity contribution is 5.80. The number of amides is 1. The second-order valence-corrected chi connectivity index (χ2v) is 5.25. The van der Waals surface area contributed by atoms with E-state index in [9.17, 15) is 4.79 Å². The van der Waals surface area contributed by atoms with Crippen LogP contribution in [0.5, 0.6) is 23.0 Å². The van der Waals surface area contributed by atoms with Gasteiger partial charge in [0.25, 0.3) is 5.91 Å². The zero-order valence-corrected chi connectivity index (χ0v) is 14.7. The second-order valence-electron chi connectivity index (χ2n) is 5.25. The van der Waals surface area contributed by atoms with Gasteiger partial charge in [-0.25, -0.2) is 0 Å². The lowest BCUT2D eigenvalue weighted by Gasteiger charge is -2.15. The molecule has 1 atom stereocenters. The lowest BCUT2D eigenvalue weighted by Crippen LogP contribution is -2.38. The smallest absolute Gasteiger partial charge is 0.260 e. The van der Waals surface area contributed by atoms with Gasteiger partial charge >= 0.3 is 0 Å². The predicted octanol–water partition coefficient (Wildman–Crippen LogP) is 2.67. The summed E-state index contributed by atoms with van der Waals surface area (Å²) in [5.74, 6) is 2.54. The summed E-state index contributed by atoms with van der Waals surface area (Å²) in [4.78, 5) is 12.1. The summed E-state index contributed by atoms with van der Waals surface area (Å²) in [6, 6.07) is 14.4. The van der Waals surface area contributed by atoms with Crippen LogP contribution in [-0.4, -0.2) is 39.4 Å². The van der Waals surface area contributed by atoms with E-state index in [1.54, 1.807) is 33.3 Å². The van der Waals surface area contributed by atoms with E-state index < -0.39 is 6.10 Å². The molecule has 0 bridgehead atoms. The number of methoxy groups -OCH3 is 2. The van der Waals surface area contributed by atoms with Crippen LogP contribution in [0.25, 0.3) is 0 Å². The molecule has 0 saturated carbocycles. The van der Waals surface area contributed by atoms with Gasteiger partial charge in [0, 0.05) is 6.07 Å². The third-order valence-electron chi connectivity index (χ3n) is 3.45. The van der Waals surface area contributed by atoms with E-state index in [-0.39, 0.29) is 5.91 Å². The third-order valence-corrected chi connectivity index (χ3v) is 3.45. The summed E-state index contributed by atoms with van der Waals surface area (Å²) >= 11 is 0. The third kappa shape index (κ3) is 5.91. The maximum Gasteiger partial charge on any atom is 0.260 e. The normalized spacial score (nSPS) is 11.3. The first-order valence-electron chi connectivity index (χ1n) is 7.97. The molecule has 1 N–H and O–H groups in total. The number of hydrogen-bond acceptors (Lipinski definition) is 5. The number of carbonyl (C=O) groups excluding carboxylic acids is 1. The van der Waals surface area contributed by atoms with E-state index in [0.29, 0.717) is 24.7 Å². The Morgan fingerprint density at radius 2 is 1.60 bits per heavy atom. The number of hydrogen-bond donors (Lipinski definition) is 1. The summed E-state index contributed by atoms with van der Waals surface area (Å²) in [5.41, 5.74) is 0. The average molecular weight is 345 g/mol.